The Kier molecular flexibility index (Phi) is 2.22. The summed E-state index contributed by atoms with van der Waals surface area (Å²) in [6, 6.07) is 0. The summed E-state index contributed by atoms with van der Waals surface area (Å²) >= 11 is 0. The third-order valence-corrected chi connectivity index (χ3v) is 3.58. The zero-order valence-corrected chi connectivity index (χ0v) is 8.87. The summed E-state index contributed by atoms with van der Waals surface area (Å²) in [6.07, 6.45) is 0.276. The lowest BCUT2D eigenvalue weighted by Crippen LogP contribution is -2.44. The van der Waals surface area contributed by atoms with E-state index in [9.17, 15) is 18.4 Å². The van der Waals surface area contributed by atoms with Gasteiger partial charge in [0.05, 0.1) is 0 Å². The molecule has 1 amide bonds. The number of nitrogens with zero attached hydrogens (tertiary/aromatic N) is 1. The van der Waals surface area contributed by atoms with Crippen molar-refractivity contribution in [3.8, 4) is 0 Å². The zero-order chi connectivity index (χ0) is 12.1. The average Bonchev–Trinajstić information content (AvgIpc) is 2.64. The molecule has 0 atom stereocenters. The van der Waals surface area contributed by atoms with Crippen LogP contribution in [0, 0.1) is 11.3 Å². The van der Waals surface area contributed by atoms with Crippen LogP contribution in [0.15, 0.2) is 0 Å². The number of amides is 1. The molecule has 90 valence electrons. The number of carboxylic acids is 1. The molecule has 2 saturated carbocycles. The van der Waals surface area contributed by atoms with E-state index in [2.05, 4.69) is 0 Å². The summed E-state index contributed by atoms with van der Waals surface area (Å²) in [5.74, 6) is -4.45. The van der Waals surface area contributed by atoms with E-state index in [4.69, 9.17) is 5.11 Å². The molecule has 1 spiro atoms. The van der Waals surface area contributed by atoms with Gasteiger partial charge < -0.3 is 10.0 Å². The Labute approximate surface area is 91.2 Å². The maximum atomic E-state index is 12.9. The number of hydrogen-bond acceptors (Lipinski definition) is 2. The second-order valence-electron chi connectivity index (χ2n) is 4.85. The highest BCUT2D eigenvalue weighted by Gasteiger charge is 2.76. The number of carboxylic acid groups (broad SMARTS) is 1. The molecule has 2 aliphatic rings. The van der Waals surface area contributed by atoms with Crippen LogP contribution in [-0.4, -0.2) is 41.4 Å². The van der Waals surface area contributed by atoms with Crippen molar-refractivity contribution in [1.82, 2.24) is 4.90 Å². The van der Waals surface area contributed by atoms with E-state index in [-0.39, 0.29) is 31.7 Å². The lowest BCUT2D eigenvalue weighted by atomic mass is 9.70. The molecule has 0 bridgehead atoms. The topological polar surface area (TPSA) is 57.6 Å². The molecular formula is C10H13F2NO3. The molecule has 0 aromatic rings. The number of aliphatic carboxylic acids is 1. The molecule has 16 heavy (non-hydrogen) atoms. The van der Waals surface area contributed by atoms with Gasteiger partial charge in [-0.3, -0.25) is 9.59 Å². The third-order valence-electron chi connectivity index (χ3n) is 3.58. The van der Waals surface area contributed by atoms with Crippen molar-refractivity contribution in [3.63, 3.8) is 0 Å². The molecule has 1 N–H and O–H groups in total. The molecule has 0 aromatic carbocycles. The van der Waals surface area contributed by atoms with Gasteiger partial charge in [-0.25, -0.2) is 8.78 Å². The smallest absolute Gasteiger partial charge is 0.323 e. The van der Waals surface area contributed by atoms with Gasteiger partial charge in [0.25, 0.3) is 5.92 Å². The number of rotatable bonds is 3. The number of carbonyl (C=O) groups excluding carboxylic acids is 1. The maximum Gasteiger partial charge on any atom is 0.323 e. The van der Waals surface area contributed by atoms with Crippen LogP contribution >= 0.6 is 0 Å². The lowest BCUT2D eigenvalue weighted by molar-refractivity contribution is -0.149. The Morgan fingerprint density at radius 3 is 2.31 bits per heavy atom. The highest BCUT2D eigenvalue weighted by atomic mass is 19.3. The van der Waals surface area contributed by atoms with Gasteiger partial charge in [-0.1, -0.05) is 0 Å². The van der Waals surface area contributed by atoms with Crippen molar-refractivity contribution < 1.29 is 23.5 Å². The van der Waals surface area contributed by atoms with Gasteiger partial charge in [0.1, 0.15) is 6.54 Å². The number of hydrogen-bond donors (Lipinski definition) is 1. The molecule has 4 nitrogen and oxygen atoms in total. The Bertz CT molecular complexity index is 350. The van der Waals surface area contributed by atoms with Gasteiger partial charge in [-0.15, -0.1) is 0 Å². The fourth-order valence-electron chi connectivity index (χ4n) is 2.47. The molecular weight excluding hydrogens is 220 g/mol. The van der Waals surface area contributed by atoms with E-state index in [1.165, 1.54) is 7.05 Å². The molecule has 2 fully saturated rings. The predicted molar refractivity (Wildman–Crippen MR) is 50.0 cm³/mol. The minimum atomic E-state index is -2.60. The minimum Gasteiger partial charge on any atom is -0.480 e. The number of alkyl halides is 2. The van der Waals surface area contributed by atoms with Gasteiger partial charge >= 0.3 is 5.97 Å². The van der Waals surface area contributed by atoms with E-state index >= 15 is 0 Å². The van der Waals surface area contributed by atoms with Gasteiger partial charge in [0, 0.05) is 24.8 Å². The van der Waals surface area contributed by atoms with Crippen LogP contribution in [-0.2, 0) is 9.59 Å². The monoisotopic (exact) mass is 233 g/mol. The zero-order valence-electron chi connectivity index (χ0n) is 8.87. The predicted octanol–water partition coefficient (Wildman–Crippen LogP) is 0.965. The Morgan fingerprint density at radius 1 is 1.44 bits per heavy atom. The molecule has 0 radical (unpaired) electrons. The third kappa shape index (κ3) is 1.56. The SMILES string of the molecule is CN(CC(=O)O)C(=O)C1CC2(C1)CC2(F)F. The quantitative estimate of drug-likeness (QED) is 0.790. The lowest BCUT2D eigenvalue weighted by Gasteiger charge is -2.36. The average molecular weight is 233 g/mol. The highest BCUT2D eigenvalue weighted by Crippen LogP contribution is 2.72. The molecule has 2 rings (SSSR count). The Balaban J connectivity index is 1.84. The normalized spacial score (nSPS) is 34.3. The first-order chi connectivity index (χ1) is 7.27. The van der Waals surface area contributed by atoms with E-state index < -0.39 is 23.2 Å². The summed E-state index contributed by atoms with van der Waals surface area (Å²) in [4.78, 5) is 23.1. The van der Waals surface area contributed by atoms with Crippen molar-refractivity contribution in [2.45, 2.75) is 25.2 Å². The number of carbonyl (C=O) groups is 2. The minimum absolute atomic E-state index is 0.119. The van der Waals surface area contributed by atoms with Crippen molar-refractivity contribution in [2.75, 3.05) is 13.6 Å². The second-order valence-corrected chi connectivity index (χ2v) is 4.85. The first kappa shape index (κ1) is 11.3. The molecule has 0 aliphatic heterocycles. The summed E-state index contributed by atoms with van der Waals surface area (Å²) in [5.41, 5.74) is -0.933. The van der Waals surface area contributed by atoms with Crippen molar-refractivity contribution in [3.05, 3.63) is 0 Å². The van der Waals surface area contributed by atoms with Crippen LogP contribution in [0.2, 0.25) is 0 Å². The first-order valence-corrected chi connectivity index (χ1v) is 5.12. The van der Waals surface area contributed by atoms with Gasteiger partial charge in [0.2, 0.25) is 5.91 Å². The van der Waals surface area contributed by atoms with Crippen LogP contribution in [0.1, 0.15) is 19.3 Å². The second kappa shape index (κ2) is 3.15. The fourth-order valence-corrected chi connectivity index (χ4v) is 2.47. The van der Waals surface area contributed by atoms with Crippen LogP contribution in [0.4, 0.5) is 8.78 Å². The van der Waals surface area contributed by atoms with E-state index in [1.54, 1.807) is 0 Å². The number of halogens is 2. The Morgan fingerprint density at radius 2 is 1.94 bits per heavy atom. The van der Waals surface area contributed by atoms with Crippen LogP contribution < -0.4 is 0 Å². The highest BCUT2D eigenvalue weighted by molar-refractivity contribution is 5.83. The molecule has 0 unspecified atom stereocenters. The van der Waals surface area contributed by atoms with Crippen molar-refractivity contribution in [1.29, 1.82) is 0 Å². The van der Waals surface area contributed by atoms with Crippen LogP contribution in [0.3, 0.4) is 0 Å². The summed E-state index contributed by atoms with van der Waals surface area (Å²) < 4.78 is 25.7. The van der Waals surface area contributed by atoms with Gasteiger partial charge in [-0.2, -0.15) is 0 Å². The van der Waals surface area contributed by atoms with Crippen LogP contribution in [0.5, 0.6) is 0 Å². The van der Waals surface area contributed by atoms with Gasteiger partial charge in [0.15, 0.2) is 0 Å². The summed E-state index contributed by atoms with van der Waals surface area (Å²) in [7, 11) is 1.38. The molecule has 0 heterocycles. The fraction of sp³-hybridized carbons (Fsp3) is 0.800. The molecule has 0 saturated heterocycles. The van der Waals surface area contributed by atoms with Crippen LogP contribution in [0.25, 0.3) is 0 Å². The molecule has 2 aliphatic carbocycles. The largest absolute Gasteiger partial charge is 0.480 e. The van der Waals surface area contributed by atoms with E-state index in [0.717, 1.165) is 4.90 Å². The van der Waals surface area contributed by atoms with Crippen molar-refractivity contribution in [2.24, 2.45) is 11.3 Å². The number of likely N-dealkylation sites (N-methyl/N-ethyl adjacent to an activating group) is 1. The maximum absolute atomic E-state index is 12.9. The molecule has 0 aromatic heterocycles. The standard InChI is InChI=1S/C10H13F2NO3/c1-13(4-7(14)15)8(16)6-2-9(3-6)5-10(9,11)12/h6H,2-5H2,1H3,(H,14,15). The van der Waals surface area contributed by atoms with Crippen molar-refractivity contribution >= 4 is 11.9 Å². The Hall–Kier alpha value is -1.20. The van der Waals surface area contributed by atoms with Gasteiger partial charge in [-0.05, 0) is 12.8 Å². The van der Waals surface area contributed by atoms with E-state index in [1.807, 2.05) is 0 Å². The first-order valence-electron chi connectivity index (χ1n) is 5.12. The molecule has 6 heteroatoms. The summed E-state index contributed by atoms with van der Waals surface area (Å²) in [5, 5.41) is 8.49. The van der Waals surface area contributed by atoms with E-state index in [0.29, 0.717) is 0 Å². The summed E-state index contributed by atoms with van der Waals surface area (Å²) in [6.45, 7) is -0.376.